The third kappa shape index (κ3) is 4.00. The van der Waals surface area contributed by atoms with E-state index in [2.05, 4.69) is 21.2 Å². The van der Waals surface area contributed by atoms with E-state index in [0.29, 0.717) is 10.9 Å². The topological polar surface area (TPSA) is 66.5 Å². The lowest BCUT2D eigenvalue weighted by Gasteiger charge is -2.21. The number of sulfonamides is 1. The van der Waals surface area contributed by atoms with E-state index in [0.717, 1.165) is 10.4 Å². The van der Waals surface area contributed by atoms with Crippen molar-refractivity contribution in [1.82, 2.24) is 9.62 Å². The van der Waals surface area contributed by atoms with E-state index >= 15 is 0 Å². The van der Waals surface area contributed by atoms with Crippen molar-refractivity contribution in [3.8, 4) is 0 Å². The van der Waals surface area contributed by atoms with Gasteiger partial charge in [-0.05, 0) is 24.6 Å². The standard InChI is InChI=1S/C12H16BrFN2O3S/c1-3-6-16(8-12(17)15-2)20(18,19)11-5-4-9(13)7-10(11)14/h4-5,7H,3,6,8H2,1-2H3,(H,15,17). The number of benzene rings is 1. The first-order valence-corrected chi connectivity index (χ1v) is 8.22. The first-order chi connectivity index (χ1) is 9.32. The molecule has 1 N–H and O–H groups in total. The Morgan fingerprint density at radius 1 is 1.45 bits per heavy atom. The number of carbonyl (C=O) groups is 1. The van der Waals surface area contributed by atoms with Gasteiger partial charge in [0.1, 0.15) is 10.7 Å². The molecule has 1 amide bonds. The van der Waals surface area contributed by atoms with Crippen molar-refractivity contribution in [2.24, 2.45) is 0 Å². The van der Waals surface area contributed by atoms with Crippen molar-refractivity contribution in [2.45, 2.75) is 18.2 Å². The van der Waals surface area contributed by atoms with Crippen molar-refractivity contribution in [3.05, 3.63) is 28.5 Å². The molecule has 0 aliphatic rings. The van der Waals surface area contributed by atoms with Crippen LogP contribution < -0.4 is 5.32 Å². The van der Waals surface area contributed by atoms with Crippen LogP contribution in [-0.2, 0) is 14.8 Å². The minimum absolute atomic E-state index is 0.144. The molecule has 5 nitrogen and oxygen atoms in total. The van der Waals surface area contributed by atoms with Gasteiger partial charge >= 0.3 is 0 Å². The second-order valence-electron chi connectivity index (χ2n) is 4.09. The lowest BCUT2D eigenvalue weighted by atomic mass is 10.3. The molecule has 20 heavy (non-hydrogen) atoms. The van der Waals surface area contributed by atoms with Gasteiger partial charge in [-0.25, -0.2) is 12.8 Å². The first kappa shape index (κ1) is 17.1. The Labute approximate surface area is 126 Å². The van der Waals surface area contributed by atoms with Crippen LogP contribution in [0.4, 0.5) is 4.39 Å². The maximum absolute atomic E-state index is 13.8. The molecule has 112 valence electrons. The highest BCUT2D eigenvalue weighted by molar-refractivity contribution is 9.10. The second-order valence-corrected chi connectivity index (χ2v) is 6.91. The Morgan fingerprint density at radius 2 is 2.10 bits per heavy atom. The summed E-state index contributed by atoms with van der Waals surface area (Å²) >= 11 is 3.07. The number of nitrogens with one attached hydrogen (secondary N) is 1. The lowest BCUT2D eigenvalue weighted by molar-refractivity contribution is -0.120. The SMILES string of the molecule is CCCN(CC(=O)NC)S(=O)(=O)c1ccc(Br)cc1F. The van der Waals surface area contributed by atoms with Crippen molar-refractivity contribution in [1.29, 1.82) is 0 Å². The van der Waals surface area contributed by atoms with Crippen LogP contribution in [0.2, 0.25) is 0 Å². The number of likely N-dealkylation sites (N-methyl/N-ethyl adjacent to an activating group) is 1. The number of hydrogen-bond acceptors (Lipinski definition) is 3. The fourth-order valence-corrected chi connectivity index (χ4v) is 3.46. The molecule has 1 aromatic rings. The van der Waals surface area contributed by atoms with Gasteiger partial charge in [-0.15, -0.1) is 0 Å². The van der Waals surface area contributed by atoms with E-state index in [9.17, 15) is 17.6 Å². The number of amides is 1. The Kier molecular flexibility index (Phi) is 6.09. The molecule has 0 fully saturated rings. The molecule has 0 saturated carbocycles. The number of nitrogens with zero attached hydrogens (tertiary/aromatic N) is 1. The second kappa shape index (κ2) is 7.14. The van der Waals surface area contributed by atoms with Crippen molar-refractivity contribution in [2.75, 3.05) is 20.1 Å². The van der Waals surface area contributed by atoms with Crippen LogP contribution in [-0.4, -0.2) is 38.8 Å². The van der Waals surface area contributed by atoms with Crippen LogP contribution in [0, 0.1) is 5.82 Å². The number of halogens is 2. The number of carbonyl (C=O) groups excluding carboxylic acids is 1. The summed E-state index contributed by atoms with van der Waals surface area (Å²) in [6.45, 7) is 1.59. The van der Waals surface area contributed by atoms with Crippen molar-refractivity contribution in [3.63, 3.8) is 0 Å². The summed E-state index contributed by atoms with van der Waals surface area (Å²) in [4.78, 5) is 11.0. The highest BCUT2D eigenvalue weighted by atomic mass is 79.9. The Hall–Kier alpha value is -0.990. The van der Waals surface area contributed by atoms with Gasteiger partial charge in [0.25, 0.3) is 0 Å². The molecule has 1 rings (SSSR count). The summed E-state index contributed by atoms with van der Waals surface area (Å²) < 4.78 is 40.0. The molecule has 0 aliphatic heterocycles. The van der Waals surface area contributed by atoms with E-state index in [1.54, 1.807) is 6.92 Å². The molecule has 0 unspecified atom stereocenters. The Bertz CT molecular complexity index is 592. The number of hydrogen-bond donors (Lipinski definition) is 1. The molecule has 0 saturated heterocycles. The highest BCUT2D eigenvalue weighted by Gasteiger charge is 2.28. The minimum atomic E-state index is -4.04. The molecular formula is C12H16BrFN2O3S. The zero-order chi connectivity index (χ0) is 15.3. The quantitative estimate of drug-likeness (QED) is 0.833. The molecular weight excluding hydrogens is 351 g/mol. The fraction of sp³-hybridized carbons (Fsp3) is 0.417. The summed E-state index contributed by atoms with van der Waals surface area (Å²) in [5.41, 5.74) is 0. The van der Waals surface area contributed by atoms with E-state index in [1.807, 2.05) is 0 Å². The fourth-order valence-electron chi connectivity index (χ4n) is 1.60. The summed E-state index contributed by atoms with van der Waals surface area (Å²) in [7, 11) is -2.62. The van der Waals surface area contributed by atoms with Crippen LogP contribution in [0.15, 0.2) is 27.6 Å². The molecule has 0 spiro atoms. The zero-order valence-corrected chi connectivity index (χ0v) is 13.6. The maximum Gasteiger partial charge on any atom is 0.246 e. The summed E-state index contributed by atoms with van der Waals surface area (Å²) in [5.74, 6) is -1.29. The number of rotatable bonds is 6. The monoisotopic (exact) mass is 366 g/mol. The average Bonchev–Trinajstić information content (AvgIpc) is 2.37. The van der Waals surface area contributed by atoms with Gasteiger partial charge in [-0.3, -0.25) is 4.79 Å². The minimum Gasteiger partial charge on any atom is -0.358 e. The van der Waals surface area contributed by atoms with E-state index in [-0.39, 0.29) is 13.1 Å². The predicted molar refractivity (Wildman–Crippen MR) is 77.2 cm³/mol. The van der Waals surface area contributed by atoms with Gasteiger partial charge in [-0.1, -0.05) is 22.9 Å². The third-order valence-corrected chi connectivity index (χ3v) is 4.96. The van der Waals surface area contributed by atoms with Crippen LogP contribution in [0.25, 0.3) is 0 Å². The van der Waals surface area contributed by atoms with E-state index in [4.69, 9.17) is 0 Å². The molecule has 1 aromatic carbocycles. The maximum atomic E-state index is 13.8. The van der Waals surface area contributed by atoms with Crippen LogP contribution in [0.5, 0.6) is 0 Å². The van der Waals surface area contributed by atoms with Crippen molar-refractivity contribution < 1.29 is 17.6 Å². The normalized spacial score (nSPS) is 11.7. The Morgan fingerprint density at radius 3 is 2.60 bits per heavy atom. The Balaban J connectivity index is 3.18. The first-order valence-electron chi connectivity index (χ1n) is 5.98. The summed E-state index contributed by atoms with van der Waals surface area (Å²) in [6, 6.07) is 3.71. The molecule has 0 aromatic heterocycles. The van der Waals surface area contributed by atoms with Crippen molar-refractivity contribution >= 4 is 31.9 Å². The summed E-state index contributed by atoms with van der Waals surface area (Å²) in [6.07, 6.45) is 0.522. The van der Waals surface area contributed by atoms with Crippen LogP contribution >= 0.6 is 15.9 Å². The molecule has 8 heteroatoms. The lowest BCUT2D eigenvalue weighted by Crippen LogP contribution is -2.40. The highest BCUT2D eigenvalue weighted by Crippen LogP contribution is 2.22. The summed E-state index contributed by atoms with van der Waals surface area (Å²) in [5, 5.41) is 2.35. The van der Waals surface area contributed by atoms with Gasteiger partial charge in [-0.2, -0.15) is 4.31 Å². The van der Waals surface area contributed by atoms with Gasteiger partial charge in [0.05, 0.1) is 6.54 Å². The average molecular weight is 367 g/mol. The third-order valence-electron chi connectivity index (χ3n) is 2.58. The van der Waals surface area contributed by atoms with Crippen LogP contribution in [0.3, 0.4) is 0 Å². The smallest absolute Gasteiger partial charge is 0.246 e. The largest absolute Gasteiger partial charge is 0.358 e. The van der Waals surface area contributed by atoms with E-state index < -0.39 is 26.6 Å². The van der Waals surface area contributed by atoms with E-state index in [1.165, 1.54) is 19.2 Å². The van der Waals surface area contributed by atoms with Crippen LogP contribution in [0.1, 0.15) is 13.3 Å². The molecule has 0 atom stereocenters. The molecule has 0 heterocycles. The van der Waals surface area contributed by atoms with Gasteiger partial charge < -0.3 is 5.32 Å². The van der Waals surface area contributed by atoms with Gasteiger partial charge in [0, 0.05) is 18.1 Å². The molecule has 0 aliphatic carbocycles. The molecule has 0 bridgehead atoms. The predicted octanol–water partition coefficient (Wildman–Crippen LogP) is 1.73. The van der Waals surface area contributed by atoms with Gasteiger partial charge in [0.2, 0.25) is 15.9 Å². The van der Waals surface area contributed by atoms with Gasteiger partial charge in [0.15, 0.2) is 0 Å². The zero-order valence-electron chi connectivity index (χ0n) is 11.2. The molecule has 0 radical (unpaired) electrons.